The lowest BCUT2D eigenvalue weighted by molar-refractivity contribution is 0.180. The van der Waals surface area contributed by atoms with Gasteiger partial charge in [-0.2, -0.15) is 17.7 Å². The lowest BCUT2D eigenvalue weighted by atomic mass is 9.75. The first kappa shape index (κ1) is 14.0. The third-order valence-electron chi connectivity index (χ3n) is 4.37. The largest absolute Gasteiger partial charge is 0.269 e. The van der Waals surface area contributed by atoms with Crippen LogP contribution >= 0.6 is 12.6 Å². The fourth-order valence-corrected chi connectivity index (χ4v) is 3.51. The quantitative estimate of drug-likeness (QED) is 0.801. The van der Waals surface area contributed by atoms with Gasteiger partial charge in [-0.3, -0.25) is 4.68 Å². The highest BCUT2D eigenvalue weighted by Gasteiger charge is 2.32. The number of nitrogens with zero attached hydrogens (tertiary/aromatic N) is 2. The highest BCUT2D eigenvalue weighted by molar-refractivity contribution is 7.80. The average molecular weight is 266 g/mol. The Morgan fingerprint density at radius 3 is 2.50 bits per heavy atom. The van der Waals surface area contributed by atoms with E-state index < -0.39 is 0 Å². The van der Waals surface area contributed by atoms with E-state index in [1.54, 1.807) is 0 Å². The molecule has 1 saturated carbocycles. The van der Waals surface area contributed by atoms with Crippen molar-refractivity contribution in [2.24, 2.45) is 5.41 Å². The highest BCUT2D eigenvalue weighted by Crippen LogP contribution is 2.38. The minimum Gasteiger partial charge on any atom is -0.269 e. The van der Waals surface area contributed by atoms with Crippen LogP contribution in [0.5, 0.6) is 0 Å². The molecule has 102 valence electrons. The van der Waals surface area contributed by atoms with Crippen LogP contribution in [0.1, 0.15) is 57.3 Å². The second-order valence-corrected chi connectivity index (χ2v) is 6.03. The molecule has 0 aromatic carbocycles. The van der Waals surface area contributed by atoms with Gasteiger partial charge in [0.15, 0.2) is 0 Å². The van der Waals surface area contributed by atoms with E-state index >= 15 is 0 Å². The monoisotopic (exact) mass is 266 g/mol. The zero-order chi connectivity index (χ0) is 13.0. The van der Waals surface area contributed by atoms with Crippen LogP contribution in [0.15, 0.2) is 6.07 Å². The lowest BCUT2D eigenvalue weighted by Gasteiger charge is -2.36. The van der Waals surface area contributed by atoms with Crippen LogP contribution in [0, 0.1) is 5.41 Å². The van der Waals surface area contributed by atoms with Crippen molar-refractivity contribution in [2.45, 2.75) is 65.3 Å². The van der Waals surface area contributed by atoms with Gasteiger partial charge in [0.25, 0.3) is 0 Å². The fraction of sp³-hybridized carbons (Fsp3) is 0.800. The van der Waals surface area contributed by atoms with Crippen molar-refractivity contribution in [1.29, 1.82) is 0 Å². The molecule has 0 bridgehead atoms. The van der Waals surface area contributed by atoms with Crippen LogP contribution in [-0.2, 0) is 19.4 Å². The van der Waals surface area contributed by atoms with Crippen LogP contribution in [0.2, 0.25) is 0 Å². The Morgan fingerprint density at radius 2 is 1.94 bits per heavy atom. The van der Waals surface area contributed by atoms with Gasteiger partial charge >= 0.3 is 0 Å². The minimum absolute atomic E-state index is 0.391. The second kappa shape index (κ2) is 6.14. The Labute approximate surface area is 117 Å². The lowest BCUT2D eigenvalue weighted by Crippen LogP contribution is -2.32. The van der Waals surface area contributed by atoms with Gasteiger partial charge in [-0.1, -0.05) is 33.1 Å². The molecule has 1 aliphatic rings. The van der Waals surface area contributed by atoms with Crippen molar-refractivity contribution in [3.05, 3.63) is 17.5 Å². The van der Waals surface area contributed by atoms with Crippen molar-refractivity contribution >= 4 is 12.6 Å². The van der Waals surface area contributed by atoms with Gasteiger partial charge in [-0.05, 0) is 42.9 Å². The Balaban J connectivity index is 2.17. The maximum absolute atomic E-state index is 4.77. The van der Waals surface area contributed by atoms with E-state index in [2.05, 4.69) is 37.2 Å². The van der Waals surface area contributed by atoms with Crippen LogP contribution in [-0.4, -0.2) is 15.5 Å². The molecule has 18 heavy (non-hydrogen) atoms. The van der Waals surface area contributed by atoms with Gasteiger partial charge in [0, 0.05) is 12.2 Å². The Bertz CT molecular complexity index is 378. The molecule has 0 N–H and O–H groups in total. The van der Waals surface area contributed by atoms with Crippen molar-refractivity contribution in [2.75, 3.05) is 5.75 Å². The van der Waals surface area contributed by atoms with Crippen LogP contribution in [0.25, 0.3) is 0 Å². The molecule has 2 rings (SSSR count). The molecule has 0 aliphatic heterocycles. The molecule has 0 unspecified atom stereocenters. The molecule has 1 heterocycles. The molecule has 2 nitrogen and oxygen atoms in total. The van der Waals surface area contributed by atoms with Gasteiger partial charge in [-0.15, -0.1) is 0 Å². The highest BCUT2D eigenvalue weighted by atomic mass is 32.1. The zero-order valence-electron chi connectivity index (χ0n) is 11.8. The Kier molecular flexibility index (Phi) is 4.77. The van der Waals surface area contributed by atoms with Crippen molar-refractivity contribution in [1.82, 2.24) is 9.78 Å². The molecular formula is C15H26N2S. The van der Waals surface area contributed by atoms with E-state index in [1.165, 1.54) is 43.5 Å². The summed E-state index contributed by atoms with van der Waals surface area (Å²) in [7, 11) is 0. The molecular weight excluding hydrogens is 240 g/mol. The van der Waals surface area contributed by atoms with Crippen molar-refractivity contribution < 1.29 is 0 Å². The Morgan fingerprint density at radius 1 is 1.22 bits per heavy atom. The smallest absolute Gasteiger partial charge is 0.0624 e. The molecule has 3 heteroatoms. The third-order valence-corrected chi connectivity index (χ3v) is 5.04. The minimum atomic E-state index is 0.391. The first-order valence-electron chi connectivity index (χ1n) is 7.39. The molecule has 1 aliphatic carbocycles. The van der Waals surface area contributed by atoms with Crippen LogP contribution in [0.4, 0.5) is 0 Å². The summed E-state index contributed by atoms with van der Waals surface area (Å²) in [6, 6.07) is 2.27. The second-order valence-electron chi connectivity index (χ2n) is 5.71. The van der Waals surface area contributed by atoms with E-state index in [1.807, 2.05) is 0 Å². The van der Waals surface area contributed by atoms with Gasteiger partial charge < -0.3 is 0 Å². The average Bonchev–Trinajstić information content (AvgIpc) is 2.82. The number of hydrogen-bond donors (Lipinski definition) is 1. The maximum atomic E-state index is 4.77. The molecule has 0 saturated heterocycles. The van der Waals surface area contributed by atoms with Gasteiger partial charge in [0.1, 0.15) is 0 Å². The predicted octanol–water partition coefficient (Wildman–Crippen LogP) is 3.89. The summed E-state index contributed by atoms with van der Waals surface area (Å²) in [4.78, 5) is 0. The van der Waals surface area contributed by atoms with E-state index in [9.17, 15) is 0 Å². The van der Waals surface area contributed by atoms with E-state index in [-0.39, 0.29) is 0 Å². The summed E-state index contributed by atoms with van der Waals surface area (Å²) in [5, 5.41) is 4.77. The summed E-state index contributed by atoms with van der Waals surface area (Å²) in [5.74, 6) is 0.997. The molecule has 0 spiro atoms. The standard InChI is InChI=1S/C15H26N2S/c1-3-13-10-14(4-2)17(16-13)11-15(12-18)8-6-5-7-9-15/h10,18H,3-9,11-12H2,1-2H3. The van der Waals surface area contributed by atoms with Crippen molar-refractivity contribution in [3.63, 3.8) is 0 Å². The number of aryl methyl sites for hydroxylation is 2. The van der Waals surface area contributed by atoms with E-state index in [0.717, 1.165) is 25.1 Å². The molecule has 0 radical (unpaired) electrons. The first-order valence-corrected chi connectivity index (χ1v) is 8.03. The third kappa shape index (κ3) is 2.93. The molecule has 0 amide bonds. The van der Waals surface area contributed by atoms with Crippen molar-refractivity contribution in [3.8, 4) is 0 Å². The normalized spacial score (nSPS) is 19.1. The van der Waals surface area contributed by atoms with Gasteiger partial charge in [0.05, 0.1) is 5.69 Å². The molecule has 1 aromatic rings. The zero-order valence-corrected chi connectivity index (χ0v) is 12.7. The SMILES string of the molecule is CCc1cc(CC)n(CC2(CS)CCCCC2)n1. The fourth-order valence-electron chi connectivity index (χ4n) is 3.09. The number of thiol groups is 1. The van der Waals surface area contributed by atoms with E-state index in [0.29, 0.717) is 5.41 Å². The predicted molar refractivity (Wildman–Crippen MR) is 80.4 cm³/mol. The van der Waals surface area contributed by atoms with Crippen LogP contribution < -0.4 is 0 Å². The topological polar surface area (TPSA) is 17.8 Å². The summed E-state index contributed by atoms with van der Waals surface area (Å²) in [5.41, 5.74) is 3.01. The molecule has 0 atom stereocenters. The number of hydrogen-bond acceptors (Lipinski definition) is 2. The van der Waals surface area contributed by atoms with Gasteiger partial charge in [0.2, 0.25) is 0 Å². The number of rotatable bonds is 5. The number of aromatic nitrogens is 2. The summed E-state index contributed by atoms with van der Waals surface area (Å²) < 4.78 is 2.26. The summed E-state index contributed by atoms with van der Waals surface area (Å²) in [6.45, 7) is 5.47. The van der Waals surface area contributed by atoms with E-state index in [4.69, 9.17) is 5.10 Å². The maximum Gasteiger partial charge on any atom is 0.0624 e. The Hall–Kier alpha value is -0.440. The summed E-state index contributed by atoms with van der Waals surface area (Å²) in [6.07, 6.45) is 8.88. The van der Waals surface area contributed by atoms with Gasteiger partial charge in [-0.25, -0.2) is 0 Å². The summed E-state index contributed by atoms with van der Waals surface area (Å²) >= 11 is 4.63. The van der Waals surface area contributed by atoms with Crippen LogP contribution in [0.3, 0.4) is 0 Å². The molecule has 1 aromatic heterocycles. The molecule has 1 fully saturated rings. The first-order chi connectivity index (χ1) is 8.73.